The Labute approximate surface area is 132 Å². The minimum absolute atomic E-state index is 0.156. The SMILES string of the molecule is COC(=O)c1cc([B-](F)(F)F)cc(NC(=O)OC(C)(C)C)c1C. The summed E-state index contributed by atoms with van der Waals surface area (Å²) in [6.45, 7) is 0.915. The predicted molar refractivity (Wildman–Crippen MR) is 81.1 cm³/mol. The summed E-state index contributed by atoms with van der Waals surface area (Å²) in [5, 5.41) is 2.24. The fourth-order valence-electron chi connectivity index (χ4n) is 1.79. The number of anilines is 1. The molecule has 1 aromatic carbocycles. The molecule has 0 saturated heterocycles. The molecule has 0 fully saturated rings. The van der Waals surface area contributed by atoms with Crippen LogP contribution in [0.25, 0.3) is 0 Å². The standard InChI is InChI=1S/C14H18BF3NO4/c1-8-10(12(20)22-5)6-9(15(16,17)18)7-11(8)19-13(21)23-14(2,3)4/h6-7H,1-5H3,(H,19,21)/q-1. The summed E-state index contributed by atoms with van der Waals surface area (Å²) in [5.74, 6) is -0.920. The van der Waals surface area contributed by atoms with Crippen LogP contribution in [0.5, 0.6) is 0 Å². The molecule has 0 aliphatic carbocycles. The largest absolute Gasteiger partial charge is 0.509 e. The number of amides is 1. The van der Waals surface area contributed by atoms with Gasteiger partial charge in [-0.25, -0.2) is 9.59 Å². The molecule has 1 aromatic rings. The monoisotopic (exact) mass is 332 g/mol. The lowest BCUT2D eigenvalue weighted by Crippen LogP contribution is -2.36. The van der Waals surface area contributed by atoms with Crippen LogP contribution in [-0.2, 0) is 9.47 Å². The molecule has 1 rings (SSSR count). The first kappa shape index (κ1) is 18.9. The lowest BCUT2D eigenvalue weighted by Gasteiger charge is -2.22. The summed E-state index contributed by atoms with van der Waals surface area (Å²) in [7, 11) is 1.06. The minimum atomic E-state index is -5.35. The molecule has 1 N–H and O–H groups in total. The van der Waals surface area contributed by atoms with E-state index in [0.29, 0.717) is 6.07 Å². The Morgan fingerprint density at radius 1 is 1.17 bits per heavy atom. The number of hydrogen-bond acceptors (Lipinski definition) is 4. The molecular weight excluding hydrogens is 314 g/mol. The number of hydrogen-bond donors (Lipinski definition) is 1. The first-order valence-corrected chi connectivity index (χ1v) is 6.78. The molecule has 0 aliphatic heterocycles. The highest BCUT2D eigenvalue weighted by Gasteiger charge is 2.29. The second-order valence-corrected chi connectivity index (χ2v) is 5.93. The van der Waals surface area contributed by atoms with Gasteiger partial charge in [-0.1, -0.05) is 12.1 Å². The van der Waals surface area contributed by atoms with E-state index in [4.69, 9.17) is 4.74 Å². The molecule has 0 saturated carbocycles. The molecule has 0 aromatic heterocycles. The Kier molecular flexibility index (Phi) is 5.34. The zero-order valence-electron chi connectivity index (χ0n) is 13.5. The van der Waals surface area contributed by atoms with Gasteiger partial charge < -0.3 is 22.4 Å². The first-order chi connectivity index (χ1) is 10.3. The summed E-state index contributed by atoms with van der Waals surface area (Å²) in [5.41, 5.74) is -2.09. The third-order valence-corrected chi connectivity index (χ3v) is 2.85. The van der Waals surface area contributed by atoms with Gasteiger partial charge in [-0.3, -0.25) is 5.32 Å². The molecular formula is C14H18BF3NO4-. The van der Waals surface area contributed by atoms with Gasteiger partial charge in [-0.2, -0.15) is 0 Å². The second-order valence-electron chi connectivity index (χ2n) is 5.93. The van der Waals surface area contributed by atoms with Crippen molar-refractivity contribution in [3.8, 4) is 0 Å². The van der Waals surface area contributed by atoms with Gasteiger partial charge in [0, 0.05) is 5.69 Å². The van der Waals surface area contributed by atoms with Crippen molar-refractivity contribution in [3.63, 3.8) is 0 Å². The normalized spacial score (nSPS) is 11.8. The highest BCUT2D eigenvalue weighted by atomic mass is 19.4. The molecule has 9 heteroatoms. The van der Waals surface area contributed by atoms with Gasteiger partial charge in [0.05, 0.1) is 12.7 Å². The Balaban J connectivity index is 3.30. The van der Waals surface area contributed by atoms with E-state index in [1.54, 1.807) is 20.8 Å². The summed E-state index contributed by atoms with van der Waals surface area (Å²) in [6.07, 6.45) is -0.914. The van der Waals surface area contributed by atoms with E-state index in [0.717, 1.165) is 13.2 Å². The molecule has 5 nitrogen and oxygen atoms in total. The van der Waals surface area contributed by atoms with Crippen molar-refractivity contribution < 1.29 is 32.0 Å². The fraction of sp³-hybridized carbons (Fsp3) is 0.429. The molecule has 1 amide bonds. The smallest absolute Gasteiger partial charge is 0.465 e. The third-order valence-electron chi connectivity index (χ3n) is 2.85. The molecule has 0 aliphatic rings. The van der Waals surface area contributed by atoms with Crippen molar-refractivity contribution in [2.75, 3.05) is 12.4 Å². The second kappa shape index (κ2) is 6.51. The molecule has 0 unspecified atom stereocenters. The van der Waals surface area contributed by atoms with Gasteiger partial charge in [-0.15, -0.1) is 5.46 Å². The van der Waals surface area contributed by atoms with Gasteiger partial charge in [0.1, 0.15) is 5.60 Å². The average molecular weight is 332 g/mol. The van der Waals surface area contributed by atoms with Crippen LogP contribution >= 0.6 is 0 Å². The van der Waals surface area contributed by atoms with Crippen molar-refractivity contribution in [2.45, 2.75) is 33.3 Å². The average Bonchev–Trinajstić information content (AvgIpc) is 2.36. The third kappa shape index (κ3) is 5.19. The number of benzene rings is 1. The highest BCUT2D eigenvalue weighted by molar-refractivity contribution is 6.73. The Morgan fingerprint density at radius 3 is 2.17 bits per heavy atom. The summed E-state index contributed by atoms with van der Waals surface area (Å²) in [6, 6.07) is 1.48. The van der Waals surface area contributed by atoms with E-state index in [9.17, 15) is 22.5 Å². The molecule has 0 bridgehead atoms. The van der Waals surface area contributed by atoms with E-state index in [2.05, 4.69) is 10.1 Å². The summed E-state index contributed by atoms with van der Waals surface area (Å²) >= 11 is 0. The number of carbonyl (C=O) groups excluding carboxylic acids is 2. The van der Waals surface area contributed by atoms with Gasteiger partial charge in [0.2, 0.25) is 0 Å². The van der Waals surface area contributed by atoms with Crippen molar-refractivity contribution >= 4 is 30.2 Å². The number of rotatable bonds is 3. The number of methoxy groups -OCH3 is 1. The maximum atomic E-state index is 13.0. The van der Waals surface area contributed by atoms with Gasteiger partial charge in [-0.05, 0) is 33.3 Å². The zero-order valence-corrected chi connectivity index (χ0v) is 13.5. The number of ether oxygens (including phenoxy) is 2. The van der Waals surface area contributed by atoms with Crippen LogP contribution in [0.2, 0.25) is 0 Å². The van der Waals surface area contributed by atoms with Crippen LogP contribution in [0.3, 0.4) is 0 Å². The summed E-state index contributed by atoms with van der Waals surface area (Å²) < 4.78 is 48.6. The molecule has 0 radical (unpaired) electrons. The maximum Gasteiger partial charge on any atom is 0.509 e. The lowest BCUT2D eigenvalue weighted by atomic mass is 9.78. The zero-order chi connectivity index (χ0) is 18.0. The lowest BCUT2D eigenvalue weighted by molar-refractivity contribution is 0.0595. The number of nitrogens with one attached hydrogen (secondary N) is 1. The van der Waals surface area contributed by atoms with Crippen LogP contribution in [0.1, 0.15) is 36.7 Å². The van der Waals surface area contributed by atoms with E-state index in [1.165, 1.54) is 6.92 Å². The van der Waals surface area contributed by atoms with Crippen LogP contribution in [0.4, 0.5) is 23.4 Å². The van der Waals surface area contributed by atoms with Crippen LogP contribution in [0.15, 0.2) is 12.1 Å². The minimum Gasteiger partial charge on any atom is -0.465 e. The topological polar surface area (TPSA) is 64.6 Å². The van der Waals surface area contributed by atoms with Crippen molar-refractivity contribution in [1.82, 2.24) is 0 Å². The number of carbonyl (C=O) groups is 2. The quantitative estimate of drug-likeness (QED) is 0.682. The number of esters is 1. The highest BCUT2D eigenvalue weighted by Crippen LogP contribution is 2.23. The molecule has 128 valence electrons. The van der Waals surface area contributed by atoms with E-state index < -0.39 is 30.1 Å². The molecule has 0 heterocycles. The van der Waals surface area contributed by atoms with Gasteiger partial charge >= 0.3 is 19.0 Å². The summed E-state index contributed by atoms with van der Waals surface area (Å²) in [4.78, 5) is 23.4. The molecule has 0 atom stereocenters. The molecule has 23 heavy (non-hydrogen) atoms. The van der Waals surface area contributed by atoms with Gasteiger partial charge in [0.25, 0.3) is 0 Å². The van der Waals surface area contributed by atoms with Crippen LogP contribution in [0, 0.1) is 6.92 Å². The van der Waals surface area contributed by atoms with Crippen molar-refractivity contribution in [3.05, 3.63) is 23.3 Å². The van der Waals surface area contributed by atoms with E-state index in [1.807, 2.05) is 0 Å². The van der Waals surface area contributed by atoms with Crippen molar-refractivity contribution in [2.24, 2.45) is 0 Å². The van der Waals surface area contributed by atoms with Crippen molar-refractivity contribution in [1.29, 1.82) is 0 Å². The molecule has 0 spiro atoms. The fourth-order valence-corrected chi connectivity index (χ4v) is 1.79. The predicted octanol–water partition coefficient (Wildman–Crippen LogP) is 3.18. The van der Waals surface area contributed by atoms with E-state index in [-0.39, 0.29) is 16.8 Å². The van der Waals surface area contributed by atoms with Crippen LogP contribution in [-0.4, -0.2) is 31.8 Å². The Bertz CT molecular complexity index is 624. The van der Waals surface area contributed by atoms with Gasteiger partial charge in [0.15, 0.2) is 0 Å². The number of halogens is 3. The Morgan fingerprint density at radius 2 is 1.74 bits per heavy atom. The van der Waals surface area contributed by atoms with E-state index >= 15 is 0 Å². The first-order valence-electron chi connectivity index (χ1n) is 6.78. The maximum absolute atomic E-state index is 13.0. The van der Waals surface area contributed by atoms with Crippen LogP contribution < -0.4 is 10.8 Å². The Hall–Kier alpha value is -2.19.